The SMILES string of the molecule is CC(C)C(Sc1nnnn1C)C(=O)Nc1ccc(F)cc1. The molecule has 1 atom stereocenters. The molecule has 0 spiro atoms. The summed E-state index contributed by atoms with van der Waals surface area (Å²) >= 11 is 1.30. The monoisotopic (exact) mass is 309 g/mol. The second kappa shape index (κ2) is 6.66. The van der Waals surface area contributed by atoms with Crippen LogP contribution in [0, 0.1) is 11.7 Å². The molecule has 0 aliphatic heterocycles. The van der Waals surface area contributed by atoms with Crippen LogP contribution in [0.1, 0.15) is 13.8 Å². The number of anilines is 1. The Labute approximate surface area is 126 Å². The highest BCUT2D eigenvalue weighted by Crippen LogP contribution is 2.27. The minimum Gasteiger partial charge on any atom is -0.325 e. The molecule has 1 amide bonds. The van der Waals surface area contributed by atoms with E-state index in [9.17, 15) is 9.18 Å². The molecule has 0 radical (unpaired) electrons. The summed E-state index contributed by atoms with van der Waals surface area (Å²) in [6, 6.07) is 5.66. The quantitative estimate of drug-likeness (QED) is 0.856. The number of rotatable bonds is 5. The normalized spacial score (nSPS) is 12.4. The lowest BCUT2D eigenvalue weighted by molar-refractivity contribution is -0.116. The van der Waals surface area contributed by atoms with Crippen LogP contribution in [0.5, 0.6) is 0 Å². The lowest BCUT2D eigenvalue weighted by atomic mass is 10.1. The maximum atomic E-state index is 12.9. The van der Waals surface area contributed by atoms with Crippen molar-refractivity contribution in [3.63, 3.8) is 0 Å². The molecule has 0 fully saturated rings. The third kappa shape index (κ3) is 4.01. The third-order valence-corrected chi connectivity index (χ3v) is 4.36. The van der Waals surface area contributed by atoms with Crippen LogP contribution in [0.4, 0.5) is 10.1 Å². The fourth-order valence-corrected chi connectivity index (χ4v) is 2.61. The van der Waals surface area contributed by atoms with Gasteiger partial charge in [0.15, 0.2) is 0 Å². The summed E-state index contributed by atoms with van der Waals surface area (Å²) in [7, 11) is 1.72. The molecule has 0 saturated carbocycles. The maximum Gasteiger partial charge on any atom is 0.238 e. The Morgan fingerprint density at radius 3 is 2.52 bits per heavy atom. The first kappa shape index (κ1) is 15.4. The Morgan fingerprint density at radius 1 is 1.33 bits per heavy atom. The predicted molar refractivity (Wildman–Crippen MR) is 78.3 cm³/mol. The maximum absolute atomic E-state index is 12.9. The van der Waals surface area contributed by atoms with E-state index in [0.717, 1.165) is 0 Å². The zero-order valence-electron chi connectivity index (χ0n) is 11.9. The number of hydrogen-bond acceptors (Lipinski definition) is 5. The van der Waals surface area contributed by atoms with Gasteiger partial charge in [-0.15, -0.1) is 5.10 Å². The third-order valence-electron chi connectivity index (χ3n) is 2.79. The number of aromatic nitrogens is 4. The highest BCUT2D eigenvalue weighted by atomic mass is 32.2. The second-order valence-corrected chi connectivity index (χ2v) is 5.97. The van der Waals surface area contributed by atoms with Crippen molar-refractivity contribution in [3.05, 3.63) is 30.1 Å². The minimum atomic E-state index is -0.347. The number of carbonyl (C=O) groups excluding carboxylic acids is 1. The van der Waals surface area contributed by atoms with Crippen molar-refractivity contribution in [2.24, 2.45) is 13.0 Å². The van der Waals surface area contributed by atoms with Crippen LogP contribution in [0.15, 0.2) is 29.4 Å². The van der Waals surface area contributed by atoms with Gasteiger partial charge in [0, 0.05) is 12.7 Å². The number of carbonyl (C=O) groups is 1. The smallest absolute Gasteiger partial charge is 0.238 e. The molecular weight excluding hydrogens is 293 g/mol. The van der Waals surface area contributed by atoms with Crippen molar-refractivity contribution in [1.29, 1.82) is 0 Å². The van der Waals surface area contributed by atoms with Crippen molar-refractivity contribution in [2.45, 2.75) is 24.3 Å². The number of hydrogen-bond donors (Lipinski definition) is 1. The van der Waals surface area contributed by atoms with Crippen LogP contribution < -0.4 is 5.32 Å². The highest BCUT2D eigenvalue weighted by Gasteiger charge is 2.25. The Kier molecular flexibility index (Phi) is 4.89. The van der Waals surface area contributed by atoms with Crippen LogP contribution >= 0.6 is 11.8 Å². The van der Waals surface area contributed by atoms with Gasteiger partial charge in [0.05, 0.1) is 5.25 Å². The van der Waals surface area contributed by atoms with Gasteiger partial charge in [-0.2, -0.15) is 0 Å². The molecule has 1 aromatic carbocycles. The molecule has 0 aliphatic carbocycles. The van der Waals surface area contributed by atoms with Gasteiger partial charge in [-0.25, -0.2) is 9.07 Å². The number of thioether (sulfide) groups is 1. The van der Waals surface area contributed by atoms with E-state index in [4.69, 9.17) is 0 Å². The van der Waals surface area contributed by atoms with Crippen molar-refractivity contribution in [2.75, 3.05) is 5.32 Å². The topological polar surface area (TPSA) is 72.7 Å². The van der Waals surface area contributed by atoms with Crippen LogP contribution in [-0.2, 0) is 11.8 Å². The van der Waals surface area contributed by atoms with Gasteiger partial charge >= 0.3 is 0 Å². The Hall–Kier alpha value is -1.96. The number of amides is 1. The zero-order chi connectivity index (χ0) is 15.4. The van der Waals surface area contributed by atoms with E-state index in [1.54, 1.807) is 7.05 Å². The Bertz CT molecular complexity index is 613. The van der Waals surface area contributed by atoms with Crippen LogP contribution in [0.25, 0.3) is 0 Å². The van der Waals surface area contributed by atoms with Crippen LogP contribution in [0.2, 0.25) is 0 Å². The lowest BCUT2D eigenvalue weighted by Gasteiger charge is -2.18. The van der Waals surface area contributed by atoms with Gasteiger partial charge in [-0.3, -0.25) is 4.79 Å². The first-order valence-corrected chi connectivity index (χ1v) is 7.31. The first-order valence-electron chi connectivity index (χ1n) is 6.43. The lowest BCUT2D eigenvalue weighted by Crippen LogP contribution is -2.30. The summed E-state index contributed by atoms with van der Waals surface area (Å²) in [5.74, 6) is -0.412. The van der Waals surface area contributed by atoms with E-state index >= 15 is 0 Å². The van der Waals surface area contributed by atoms with Gasteiger partial charge in [0.2, 0.25) is 11.1 Å². The Balaban J connectivity index is 2.09. The molecule has 1 N–H and O–H groups in total. The molecule has 6 nitrogen and oxygen atoms in total. The number of nitrogens with one attached hydrogen (secondary N) is 1. The van der Waals surface area contributed by atoms with E-state index < -0.39 is 0 Å². The van der Waals surface area contributed by atoms with Crippen molar-refractivity contribution in [3.8, 4) is 0 Å². The highest BCUT2D eigenvalue weighted by molar-refractivity contribution is 8.00. The molecule has 112 valence electrons. The van der Waals surface area contributed by atoms with E-state index in [1.807, 2.05) is 13.8 Å². The number of benzene rings is 1. The molecule has 2 rings (SSSR count). The molecule has 1 aromatic heterocycles. The average Bonchev–Trinajstić information content (AvgIpc) is 2.83. The number of nitrogens with zero attached hydrogens (tertiary/aromatic N) is 4. The van der Waals surface area contributed by atoms with Crippen molar-refractivity contribution < 1.29 is 9.18 Å². The summed E-state index contributed by atoms with van der Waals surface area (Å²) in [6.45, 7) is 3.90. The molecule has 1 unspecified atom stereocenters. The largest absolute Gasteiger partial charge is 0.325 e. The summed E-state index contributed by atoms with van der Waals surface area (Å²) in [4.78, 5) is 12.4. The predicted octanol–water partition coefficient (Wildman–Crippen LogP) is 2.10. The van der Waals surface area contributed by atoms with Crippen LogP contribution in [0.3, 0.4) is 0 Å². The van der Waals surface area contributed by atoms with E-state index in [2.05, 4.69) is 20.8 Å². The van der Waals surface area contributed by atoms with E-state index in [1.165, 1.54) is 40.7 Å². The number of aryl methyl sites for hydroxylation is 1. The molecule has 0 aliphatic rings. The molecule has 1 heterocycles. The summed E-state index contributed by atoms with van der Waals surface area (Å²) in [5, 5.41) is 14.2. The minimum absolute atomic E-state index is 0.0900. The second-order valence-electron chi connectivity index (χ2n) is 4.86. The molecule has 21 heavy (non-hydrogen) atoms. The fraction of sp³-hybridized carbons (Fsp3) is 0.385. The zero-order valence-corrected chi connectivity index (χ0v) is 12.8. The molecule has 2 aromatic rings. The van der Waals surface area contributed by atoms with Gasteiger partial charge in [-0.05, 0) is 40.6 Å². The molecule has 0 saturated heterocycles. The van der Waals surface area contributed by atoms with Gasteiger partial charge in [0.25, 0.3) is 0 Å². The molecular formula is C13H16FN5OS. The van der Waals surface area contributed by atoms with E-state index in [-0.39, 0.29) is 22.9 Å². The summed E-state index contributed by atoms with van der Waals surface area (Å²) < 4.78 is 14.4. The summed E-state index contributed by atoms with van der Waals surface area (Å²) in [5.41, 5.74) is 0.559. The van der Waals surface area contributed by atoms with Crippen molar-refractivity contribution in [1.82, 2.24) is 20.2 Å². The average molecular weight is 309 g/mol. The molecule has 0 bridgehead atoms. The van der Waals surface area contributed by atoms with Gasteiger partial charge < -0.3 is 5.32 Å². The summed E-state index contributed by atoms with van der Waals surface area (Å²) in [6.07, 6.45) is 0. The first-order chi connectivity index (χ1) is 9.97. The Morgan fingerprint density at radius 2 is 2.00 bits per heavy atom. The molecule has 8 heteroatoms. The fourth-order valence-electron chi connectivity index (χ4n) is 1.67. The van der Waals surface area contributed by atoms with Gasteiger partial charge in [-0.1, -0.05) is 25.6 Å². The number of halogens is 1. The van der Waals surface area contributed by atoms with Crippen molar-refractivity contribution >= 4 is 23.4 Å². The van der Waals surface area contributed by atoms with E-state index in [0.29, 0.717) is 10.8 Å². The van der Waals surface area contributed by atoms with Crippen LogP contribution in [-0.4, -0.2) is 31.4 Å². The number of tetrazole rings is 1. The standard InChI is InChI=1S/C13H16FN5OS/c1-8(2)11(21-13-16-17-18-19(13)3)12(20)15-10-6-4-9(14)5-7-10/h4-8,11H,1-3H3,(H,15,20). The van der Waals surface area contributed by atoms with Gasteiger partial charge in [0.1, 0.15) is 5.82 Å².